The van der Waals surface area contributed by atoms with Crippen molar-refractivity contribution in [2.75, 3.05) is 89.9 Å². The van der Waals surface area contributed by atoms with Crippen molar-refractivity contribution in [3.05, 3.63) is 174 Å². The fourth-order valence-corrected chi connectivity index (χ4v) is 12.4. The van der Waals surface area contributed by atoms with Crippen LogP contribution in [0.1, 0.15) is 107 Å². The summed E-state index contributed by atoms with van der Waals surface area (Å²) in [5.74, 6) is -2.53. The van der Waals surface area contributed by atoms with Crippen LogP contribution in [0.5, 0.6) is 11.5 Å². The number of hydrogen-bond acceptors (Lipinski definition) is 14. The molecule has 2 fully saturated rings. The topological polar surface area (TPSA) is 218 Å². The van der Waals surface area contributed by atoms with Crippen LogP contribution in [0.15, 0.2) is 102 Å². The molecule has 3 heterocycles. The van der Waals surface area contributed by atoms with Crippen molar-refractivity contribution in [3.63, 3.8) is 0 Å². The molecule has 5 atom stereocenters. The van der Waals surface area contributed by atoms with Crippen LogP contribution < -0.4 is 41.2 Å². The lowest BCUT2D eigenvalue weighted by Gasteiger charge is -2.38. The van der Waals surface area contributed by atoms with Crippen LogP contribution in [0.25, 0.3) is 11.1 Å². The predicted molar refractivity (Wildman–Crippen MR) is 342 cm³/mol. The predicted octanol–water partition coefficient (Wildman–Crippen LogP) is 11.1. The standard InChI is InChI=1S/C68H81Cl2F2N7O10/c1-9-79(48-21-24-85-25-22-48)57-35-46(34-51(43(57)4)64(81)75-39-52-41(2)33-42(3)76-65(52)82)44-13-17-49(18-14-44)89-32-31-88-30-29-87-28-27-86-26-23-74-63(80)45-15-20-56(58(36-45)84-8)77-66(83)62-60(50-11-10-12-54(70)61(50)72)68(40-73,59(78-62)38-67(5,6)7)53-19-16-47(69)37-55(53)71/h10-20,33-37,48,59-60,62,66,77-78,83H,9,21-32,38-39H2,1-8H3,(H,74,80)(H,75,81)(H,76,82)/t59-,60-,62+,66?,68-/m0/s1. The number of H-pyrrole nitrogens is 1. The minimum Gasteiger partial charge on any atom is -0.495 e. The van der Waals surface area contributed by atoms with E-state index in [1.165, 1.54) is 37.4 Å². The van der Waals surface area contributed by atoms with Gasteiger partial charge in [-0.05, 0) is 147 Å². The average Bonchev–Trinajstić information content (AvgIpc) is 1.60. The summed E-state index contributed by atoms with van der Waals surface area (Å²) in [7, 11) is 1.41. The minimum absolute atomic E-state index is 0.00821. The van der Waals surface area contributed by atoms with Gasteiger partial charge in [-0.2, -0.15) is 5.26 Å². The second-order valence-electron chi connectivity index (χ2n) is 23.6. The van der Waals surface area contributed by atoms with Gasteiger partial charge in [-0.15, -0.1) is 0 Å². The fraction of sp³-hybridized carbons (Fsp3) is 0.441. The molecule has 0 saturated carbocycles. The number of halogens is 4. The molecular formula is C68H81Cl2F2N7O10. The number of anilines is 2. The van der Waals surface area contributed by atoms with Gasteiger partial charge in [0.15, 0.2) is 0 Å². The van der Waals surface area contributed by atoms with Crippen molar-refractivity contribution >= 4 is 46.4 Å². The Bertz CT molecular complexity index is 3520. The van der Waals surface area contributed by atoms with Gasteiger partial charge < -0.3 is 64.7 Å². The van der Waals surface area contributed by atoms with Crippen molar-refractivity contribution in [1.82, 2.24) is 20.9 Å². The number of nitrogens with one attached hydrogen (secondary N) is 5. The summed E-state index contributed by atoms with van der Waals surface area (Å²) < 4.78 is 66.8. The third-order valence-corrected chi connectivity index (χ3v) is 16.9. The van der Waals surface area contributed by atoms with Gasteiger partial charge in [0.05, 0.1) is 69.6 Å². The highest BCUT2D eigenvalue weighted by Crippen LogP contribution is 2.53. The number of hydrogen-bond donors (Lipinski definition) is 6. The Morgan fingerprint density at radius 3 is 2.21 bits per heavy atom. The third-order valence-electron chi connectivity index (χ3n) is 16.4. The average molecular weight is 1270 g/mol. The molecule has 2 saturated heterocycles. The number of carbonyl (C=O) groups is 2. The number of aliphatic hydroxyl groups excluding tert-OH is 1. The summed E-state index contributed by atoms with van der Waals surface area (Å²) in [6.07, 6.45) is 0.587. The Balaban J connectivity index is 0.772. The zero-order chi connectivity index (χ0) is 64.0. The normalized spacial score (nSPS) is 18.0. The highest BCUT2D eigenvalue weighted by atomic mass is 35.5. The quantitative estimate of drug-likeness (QED) is 0.0199. The van der Waals surface area contributed by atoms with E-state index in [0.29, 0.717) is 69.5 Å². The molecule has 6 aromatic rings. The molecule has 2 aliphatic heterocycles. The molecule has 21 heteroatoms. The van der Waals surface area contributed by atoms with E-state index >= 15 is 8.78 Å². The Hall–Kier alpha value is -7.12. The van der Waals surface area contributed by atoms with E-state index in [0.717, 1.165) is 59.1 Å². The van der Waals surface area contributed by atoms with Crippen LogP contribution in [0, 0.1) is 49.2 Å². The number of ether oxygens (including phenoxy) is 6. The molecule has 476 valence electrons. The molecule has 2 aliphatic rings. The maximum Gasteiger partial charge on any atom is 0.253 e. The van der Waals surface area contributed by atoms with Crippen molar-refractivity contribution < 1.29 is 51.9 Å². The maximum absolute atomic E-state index is 16.2. The number of rotatable bonds is 28. The first-order valence-corrected chi connectivity index (χ1v) is 30.8. The number of aryl methyl sites for hydroxylation is 2. The Labute approximate surface area is 529 Å². The number of aromatic nitrogens is 1. The third kappa shape index (κ3) is 16.6. The Morgan fingerprint density at radius 2 is 1.56 bits per heavy atom. The fourth-order valence-electron chi connectivity index (χ4n) is 12.1. The summed E-state index contributed by atoms with van der Waals surface area (Å²) in [4.78, 5) is 45.2. The summed E-state index contributed by atoms with van der Waals surface area (Å²) in [5, 5.41) is 35.6. The van der Waals surface area contributed by atoms with Crippen LogP contribution in [0.3, 0.4) is 0 Å². The lowest BCUT2D eigenvalue weighted by Crippen LogP contribution is -2.45. The summed E-state index contributed by atoms with van der Waals surface area (Å²) in [5.41, 5.74) is 4.47. The summed E-state index contributed by atoms with van der Waals surface area (Å²) >= 11 is 12.5. The number of aliphatic hydroxyl groups is 1. The van der Waals surface area contributed by atoms with Gasteiger partial charge in [0.25, 0.3) is 17.4 Å². The second kappa shape index (κ2) is 31.1. The first kappa shape index (κ1) is 67.8. The summed E-state index contributed by atoms with van der Waals surface area (Å²) in [6.45, 7) is 18.3. The van der Waals surface area contributed by atoms with Gasteiger partial charge in [-0.25, -0.2) is 8.78 Å². The molecule has 6 N–H and O–H groups in total. The number of methoxy groups -OCH3 is 1. The first-order chi connectivity index (χ1) is 42.7. The van der Waals surface area contributed by atoms with Crippen LogP contribution in [0.4, 0.5) is 20.2 Å². The monoisotopic (exact) mass is 1260 g/mol. The van der Waals surface area contributed by atoms with E-state index in [2.05, 4.69) is 50.2 Å². The highest BCUT2D eigenvalue weighted by Gasteiger charge is 2.61. The Kier molecular flexibility index (Phi) is 23.7. The highest BCUT2D eigenvalue weighted by molar-refractivity contribution is 6.31. The maximum atomic E-state index is 16.2. The van der Waals surface area contributed by atoms with Crippen molar-refractivity contribution in [3.8, 4) is 28.7 Å². The molecule has 17 nitrogen and oxygen atoms in total. The molecule has 8 rings (SSSR count). The number of carbonyl (C=O) groups excluding carboxylic acids is 2. The molecule has 89 heavy (non-hydrogen) atoms. The van der Waals surface area contributed by atoms with Crippen LogP contribution in [-0.4, -0.2) is 126 Å². The van der Waals surface area contributed by atoms with E-state index in [1.807, 2.05) is 77.9 Å². The number of pyridine rings is 1. The summed E-state index contributed by atoms with van der Waals surface area (Å²) in [6, 6.07) is 27.5. The van der Waals surface area contributed by atoms with Gasteiger partial charge in [-0.1, -0.05) is 74.3 Å². The number of nitrogens with zero attached hydrogens (tertiary/aromatic N) is 2. The van der Waals surface area contributed by atoms with E-state index in [-0.39, 0.29) is 82.0 Å². The zero-order valence-electron chi connectivity index (χ0n) is 51.8. The van der Waals surface area contributed by atoms with Crippen molar-refractivity contribution in [2.45, 2.75) is 110 Å². The van der Waals surface area contributed by atoms with E-state index in [9.17, 15) is 24.8 Å². The van der Waals surface area contributed by atoms with Crippen LogP contribution >= 0.6 is 23.2 Å². The zero-order valence-corrected chi connectivity index (χ0v) is 53.3. The van der Waals surface area contributed by atoms with E-state index < -0.39 is 52.6 Å². The second-order valence-corrected chi connectivity index (χ2v) is 24.5. The van der Waals surface area contributed by atoms with Crippen molar-refractivity contribution in [1.29, 1.82) is 5.26 Å². The molecule has 0 spiro atoms. The number of amides is 2. The number of benzene rings is 5. The molecule has 0 aliphatic carbocycles. The Morgan fingerprint density at radius 1 is 0.865 bits per heavy atom. The number of aromatic amines is 1. The lowest BCUT2D eigenvalue weighted by molar-refractivity contribution is 0.00988. The van der Waals surface area contributed by atoms with Crippen LogP contribution in [-0.2, 0) is 30.9 Å². The smallest absolute Gasteiger partial charge is 0.253 e. The molecule has 1 unspecified atom stereocenters. The molecule has 0 bridgehead atoms. The molecule has 2 amide bonds. The van der Waals surface area contributed by atoms with Crippen molar-refractivity contribution in [2.24, 2.45) is 5.41 Å². The molecule has 0 radical (unpaired) electrons. The van der Waals surface area contributed by atoms with Gasteiger partial charge in [0.1, 0.15) is 41.4 Å². The SMILES string of the molecule is CCN(c1cc(-c2ccc(OCCOCCOCCOCCNC(=O)c3ccc(NC(O)[C@@H]4N[C@@H](CC(C)(C)C)[C@](C#N)(c5ccc(Cl)cc5F)[C@H]4c4cccc(Cl)c4F)c(OC)c3)cc2)cc(C(=O)NCc2c(C)cc(C)[nH]c2=O)c1C)C1CCOCC1. The first-order valence-electron chi connectivity index (χ1n) is 30.1. The van der Waals surface area contributed by atoms with E-state index in [1.54, 1.807) is 18.2 Å². The van der Waals surface area contributed by atoms with Gasteiger partial charge in [0.2, 0.25) is 0 Å². The number of nitriles is 1. The lowest BCUT2D eigenvalue weighted by atomic mass is 9.62. The van der Waals surface area contributed by atoms with Crippen LogP contribution in [0.2, 0.25) is 10.0 Å². The van der Waals surface area contributed by atoms with Gasteiger partial charge in [0, 0.05) is 89.5 Å². The minimum atomic E-state index is -1.76. The molecular weight excluding hydrogens is 1180 g/mol. The molecule has 1 aromatic heterocycles. The molecule has 5 aromatic carbocycles. The van der Waals surface area contributed by atoms with Gasteiger partial charge in [-0.3, -0.25) is 14.4 Å². The largest absolute Gasteiger partial charge is 0.495 e. The van der Waals surface area contributed by atoms with E-state index in [4.69, 9.17) is 51.6 Å². The van der Waals surface area contributed by atoms with Gasteiger partial charge >= 0.3 is 0 Å².